The molecule has 0 radical (unpaired) electrons. The average molecular weight is 322 g/mol. The molecule has 0 atom stereocenters. The van der Waals surface area contributed by atoms with Gasteiger partial charge in [0.2, 0.25) is 0 Å². The molecule has 19 heavy (non-hydrogen) atoms. The van der Waals surface area contributed by atoms with Crippen molar-refractivity contribution in [3.05, 3.63) is 28.8 Å². The van der Waals surface area contributed by atoms with Crippen molar-refractivity contribution in [1.29, 1.82) is 0 Å². The van der Waals surface area contributed by atoms with Crippen molar-refractivity contribution >= 4 is 44.7 Å². The monoisotopic (exact) mass is 321 g/mol. The fourth-order valence-corrected chi connectivity index (χ4v) is 2.71. The lowest BCUT2D eigenvalue weighted by Crippen LogP contribution is -2.33. The standard InChI is InChI=1S/C11H16ClN3O2S2/c1-7(2)6-14-19(16,17)15-10-5-8(12)3-4-9(10)11(13)18/h3-5,7,14-15H,6H2,1-2H3,(H2,13,18). The fourth-order valence-electron chi connectivity index (χ4n) is 1.27. The normalized spacial score (nSPS) is 11.6. The highest BCUT2D eigenvalue weighted by molar-refractivity contribution is 7.90. The topological polar surface area (TPSA) is 84.2 Å². The number of hydrogen-bond donors (Lipinski definition) is 3. The number of nitrogens with two attached hydrogens (primary N) is 1. The predicted molar refractivity (Wildman–Crippen MR) is 82.7 cm³/mol. The second-order valence-corrected chi connectivity index (χ2v) is 6.78. The Hall–Kier alpha value is -0.890. The molecule has 5 nitrogen and oxygen atoms in total. The third-order valence-electron chi connectivity index (χ3n) is 2.17. The van der Waals surface area contributed by atoms with Gasteiger partial charge in [0, 0.05) is 17.1 Å². The van der Waals surface area contributed by atoms with E-state index in [0.29, 0.717) is 17.1 Å². The van der Waals surface area contributed by atoms with Crippen LogP contribution in [0, 0.1) is 5.92 Å². The van der Waals surface area contributed by atoms with E-state index in [2.05, 4.69) is 9.44 Å². The summed E-state index contributed by atoms with van der Waals surface area (Å²) in [5, 5.41) is 0.390. The molecule has 0 unspecified atom stereocenters. The minimum absolute atomic E-state index is 0.0956. The van der Waals surface area contributed by atoms with Gasteiger partial charge in [-0.2, -0.15) is 13.1 Å². The van der Waals surface area contributed by atoms with Crippen LogP contribution in [0.1, 0.15) is 19.4 Å². The summed E-state index contributed by atoms with van der Waals surface area (Å²) < 4.78 is 28.5. The molecule has 0 fully saturated rings. The van der Waals surface area contributed by atoms with Crippen LogP contribution < -0.4 is 15.2 Å². The van der Waals surface area contributed by atoms with E-state index in [1.807, 2.05) is 13.8 Å². The Balaban J connectivity index is 2.98. The molecule has 0 aliphatic rings. The van der Waals surface area contributed by atoms with E-state index in [1.165, 1.54) is 6.07 Å². The molecule has 0 saturated carbocycles. The lowest BCUT2D eigenvalue weighted by molar-refractivity contribution is 0.565. The van der Waals surface area contributed by atoms with Gasteiger partial charge in [-0.3, -0.25) is 4.72 Å². The van der Waals surface area contributed by atoms with Gasteiger partial charge in [-0.05, 0) is 24.1 Å². The molecule has 1 rings (SSSR count). The number of anilines is 1. The first kappa shape index (κ1) is 16.2. The molecule has 0 aliphatic carbocycles. The Kier molecular flexibility index (Phi) is 5.54. The van der Waals surface area contributed by atoms with Gasteiger partial charge >= 0.3 is 0 Å². The van der Waals surface area contributed by atoms with Crippen LogP contribution in [0.15, 0.2) is 18.2 Å². The number of benzene rings is 1. The fraction of sp³-hybridized carbons (Fsp3) is 0.364. The molecule has 0 aromatic heterocycles. The second-order valence-electron chi connectivity index (χ2n) is 4.40. The summed E-state index contributed by atoms with van der Waals surface area (Å²) in [6.07, 6.45) is 0. The molecule has 0 saturated heterocycles. The summed E-state index contributed by atoms with van der Waals surface area (Å²) in [5.74, 6) is 0.200. The van der Waals surface area contributed by atoms with Crippen molar-refractivity contribution in [2.75, 3.05) is 11.3 Å². The molecule has 0 bridgehead atoms. The lowest BCUT2D eigenvalue weighted by Gasteiger charge is -2.14. The van der Waals surface area contributed by atoms with Crippen molar-refractivity contribution in [2.24, 2.45) is 11.7 Å². The summed E-state index contributed by atoms with van der Waals surface area (Å²) in [5.41, 5.74) is 6.22. The maximum atomic E-state index is 11.8. The Labute approximate surface area is 123 Å². The highest BCUT2D eigenvalue weighted by Crippen LogP contribution is 2.21. The van der Waals surface area contributed by atoms with E-state index in [-0.39, 0.29) is 16.6 Å². The van der Waals surface area contributed by atoms with E-state index in [4.69, 9.17) is 29.6 Å². The van der Waals surface area contributed by atoms with Crippen LogP contribution in [-0.4, -0.2) is 20.0 Å². The maximum absolute atomic E-state index is 11.8. The zero-order chi connectivity index (χ0) is 14.6. The van der Waals surface area contributed by atoms with Gasteiger partial charge in [-0.15, -0.1) is 0 Å². The molecule has 0 aliphatic heterocycles. The van der Waals surface area contributed by atoms with E-state index in [1.54, 1.807) is 12.1 Å². The van der Waals surface area contributed by atoms with Crippen molar-refractivity contribution in [3.63, 3.8) is 0 Å². The van der Waals surface area contributed by atoms with Crippen LogP contribution in [0.5, 0.6) is 0 Å². The lowest BCUT2D eigenvalue weighted by atomic mass is 10.2. The van der Waals surface area contributed by atoms with E-state index in [0.717, 1.165) is 0 Å². The SMILES string of the molecule is CC(C)CNS(=O)(=O)Nc1cc(Cl)ccc1C(N)=S. The molecule has 8 heteroatoms. The van der Waals surface area contributed by atoms with Crippen molar-refractivity contribution in [3.8, 4) is 0 Å². The van der Waals surface area contributed by atoms with Gasteiger partial charge in [0.05, 0.1) is 5.69 Å². The van der Waals surface area contributed by atoms with Crippen molar-refractivity contribution in [2.45, 2.75) is 13.8 Å². The number of thiocarbonyl (C=S) groups is 1. The van der Waals surface area contributed by atoms with Gasteiger partial charge in [-0.1, -0.05) is 37.7 Å². The minimum Gasteiger partial charge on any atom is -0.389 e. The average Bonchev–Trinajstić information content (AvgIpc) is 2.25. The zero-order valence-electron chi connectivity index (χ0n) is 10.6. The van der Waals surface area contributed by atoms with Gasteiger partial charge in [0.15, 0.2) is 0 Å². The summed E-state index contributed by atoms with van der Waals surface area (Å²) in [6.45, 7) is 4.14. The first-order valence-electron chi connectivity index (χ1n) is 5.58. The highest BCUT2D eigenvalue weighted by atomic mass is 35.5. The van der Waals surface area contributed by atoms with Gasteiger partial charge in [-0.25, -0.2) is 0 Å². The third kappa shape index (κ3) is 5.32. The molecular weight excluding hydrogens is 306 g/mol. The van der Waals surface area contributed by atoms with Crippen LogP contribution in [0.3, 0.4) is 0 Å². The van der Waals surface area contributed by atoms with Crippen LogP contribution in [0.2, 0.25) is 5.02 Å². The Morgan fingerprint density at radius 1 is 1.47 bits per heavy atom. The number of rotatable bonds is 6. The number of hydrogen-bond acceptors (Lipinski definition) is 3. The largest absolute Gasteiger partial charge is 0.389 e. The predicted octanol–water partition coefficient (Wildman–Crippen LogP) is 1.88. The Morgan fingerprint density at radius 2 is 2.11 bits per heavy atom. The van der Waals surface area contributed by atoms with Crippen molar-refractivity contribution in [1.82, 2.24) is 4.72 Å². The first-order valence-corrected chi connectivity index (χ1v) is 7.85. The van der Waals surface area contributed by atoms with Gasteiger partial charge < -0.3 is 5.73 Å². The molecule has 106 valence electrons. The Bertz CT molecular complexity index is 573. The molecule has 1 aromatic rings. The quantitative estimate of drug-likeness (QED) is 0.698. The summed E-state index contributed by atoms with van der Waals surface area (Å²) in [6, 6.07) is 4.63. The molecule has 0 heterocycles. The van der Waals surface area contributed by atoms with E-state index >= 15 is 0 Å². The molecular formula is C11H16ClN3O2S2. The van der Waals surface area contributed by atoms with Crippen LogP contribution in [-0.2, 0) is 10.2 Å². The van der Waals surface area contributed by atoms with Crippen LogP contribution in [0.4, 0.5) is 5.69 Å². The number of halogens is 1. The molecule has 4 N–H and O–H groups in total. The summed E-state index contributed by atoms with van der Waals surface area (Å²) in [7, 11) is -3.68. The summed E-state index contributed by atoms with van der Waals surface area (Å²) in [4.78, 5) is 0.0956. The molecule has 1 aromatic carbocycles. The number of nitrogens with one attached hydrogen (secondary N) is 2. The molecule has 0 spiro atoms. The van der Waals surface area contributed by atoms with E-state index in [9.17, 15) is 8.42 Å². The Morgan fingerprint density at radius 3 is 2.63 bits per heavy atom. The van der Waals surface area contributed by atoms with Crippen LogP contribution in [0.25, 0.3) is 0 Å². The zero-order valence-corrected chi connectivity index (χ0v) is 13.0. The first-order chi connectivity index (χ1) is 8.71. The minimum atomic E-state index is -3.68. The third-order valence-corrected chi connectivity index (χ3v) is 3.66. The molecule has 0 amide bonds. The van der Waals surface area contributed by atoms with Crippen molar-refractivity contribution < 1.29 is 8.42 Å². The van der Waals surface area contributed by atoms with Crippen LogP contribution >= 0.6 is 23.8 Å². The highest BCUT2D eigenvalue weighted by Gasteiger charge is 2.14. The maximum Gasteiger partial charge on any atom is 0.299 e. The van der Waals surface area contributed by atoms with E-state index < -0.39 is 10.2 Å². The second kappa shape index (κ2) is 6.51. The summed E-state index contributed by atoms with van der Waals surface area (Å²) >= 11 is 10.7. The smallest absolute Gasteiger partial charge is 0.299 e. The van der Waals surface area contributed by atoms with Gasteiger partial charge in [0.25, 0.3) is 10.2 Å². The van der Waals surface area contributed by atoms with Gasteiger partial charge in [0.1, 0.15) is 4.99 Å².